The number of pyridine rings is 1. The van der Waals surface area contributed by atoms with Crippen molar-refractivity contribution in [1.29, 1.82) is 0 Å². The highest BCUT2D eigenvalue weighted by atomic mass is 16.4. The zero-order valence-electron chi connectivity index (χ0n) is 9.34. The van der Waals surface area contributed by atoms with Gasteiger partial charge in [-0.1, -0.05) is 6.92 Å². The smallest absolute Gasteiger partial charge is 0.303 e. The van der Waals surface area contributed by atoms with Crippen molar-refractivity contribution in [2.24, 2.45) is 0 Å². The van der Waals surface area contributed by atoms with Crippen LogP contribution in [0, 0.1) is 6.92 Å². The summed E-state index contributed by atoms with van der Waals surface area (Å²) >= 11 is 0. The summed E-state index contributed by atoms with van der Waals surface area (Å²) < 4.78 is 1.94. The van der Waals surface area contributed by atoms with Crippen molar-refractivity contribution in [3.05, 3.63) is 35.8 Å². The molecule has 1 unspecified atom stereocenters. The summed E-state index contributed by atoms with van der Waals surface area (Å²) in [5.74, 6) is -0.758. The molecule has 84 valence electrons. The highest BCUT2D eigenvalue weighted by Gasteiger charge is 2.11. The molecule has 16 heavy (non-hydrogen) atoms. The van der Waals surface area contributed by atoms with E-state index in [1.165, 1.54) is 0 Å². The first kappa shape index (κ1) is 10.7. The molecule has 0 aliphatic carbocycles. The van der Waals surface area contributed by atoms with Crippen molar-refractivity contribution in [2.45, 2.75) is 26.2 Å². The topological polar surface area (TPSA) is 54.6 Å². The molecule has 0 fully saturated rings. The summed E-state index contributed by atoms with van der Waals surface area (Å²) in [6.07, 6.45) is 4.01. The van der Waals surface area contributed by atoms with E-state index in [9.17, 15) is 4.79 Å². The number of imidazole rings is 1. The second kappa shape index (κ2) is 3.96. The van der Waals surface area contributed by atoms with Crippen LogP contribution in [0.2, 0.25) is 0 Å². The summed E-state index contributed by atoms with van der Waals surface area (Å²) in [6, 6.07) is 3.89. The second-order valence-corrected chi connectivity index (χ2v) is 4.11. The van der Waals surface area contributed by atoms with Crippen molar-refractivity contribution in [2.75, 3.05) is 0 Å². The Labute approximate surface area is 93.5 Å². The van der Waals surface area contributed by atoms with Gasteiger partial charge in [0.25, 0.3) is 0 Å². The van der Waals surface area contributed by atoms with Gasteiger partial charge in [0, 0.05) is 12.4 Å². The molecule has 0 amide bonds. The summed E-state index contributed by atoms with van der Waals surface area (Å²) in [6.45, 7) is 3.85. The van der Waals surface area contributed by atoms with Gasteiger partial charge in [-0.2, -0.15) is 0 Å². The van der Waals surface area contributed by atoms with E-state index < -0.39 is 5.97 Å². The zero-order valence-corrected chi connectivity index (χ0v) is 9.34. The largest absolute Gasteiger partial charge is 0.481 e. The minimum atomic E-state index is -0.771. The van der Waals surface area contributed by atoms with Crippen molar-refractivity contribution in [3.63, 3.8) is 0 Å². The van der Waals surface area contributed by atoms with Crippen molar-refractivity contribution in [3.8, 4) is 0 Å². The molecule has 4 heteroatoms. The number of nitrogens with zero attached hydrogens (tertiary/aromatic N) is 2. The van der Waals surface area contributed by atoms with Gasteiger partial charge >= 0.3 is 5.97 Å². The Balaban J connectivity index is 2.34. The zero-order chi connectivity index (χ0) is 11.7. The van der Waals surface area contributed by atoms with E-state index in [1.54, 1.807) is 0 Å². The molecule has 0 bridgehead atoms. The highest BCUT2D eigenvalue weighted by Crippen LogP contribution is 2.20. The monoisotopic (exact) mass is 218 g/mol. The van der Waals surface area contributed by atoms with Crippen molar-refractivity contribution >= 4 is 11.6 Å². The van der Waals surface area contributed by atoms with E-state index in [1.807, 2.05) is 42.8 Å². The number of carboxylic acid groups (broad SMARTS) is 1. The number of fused-ring (bicyclic) bond motifs is 1. The Morgan fingerprint density at radius 1 is 1.62 bits per heavy atom. The lowest BCUT2D eigenvalue weighted by molar-refractivity contribution is -0.137. The number of rotatable bonds is 3. The van der Waals surface area contributed by atoms with Crippen LogP contribution in [0.1, 0.15) is 30.5 Å². The fraction of sp³-hybridized carbons (Fsp3) is 0.333. The molecule has 0 aliphatic rings. The molecule has 2 aromatic rings. The average Bonchev–Trinajstić information content (AvgIpc) is 2.55. The van der Waals surface area contributed by atoms with Crippen LogP contribution in [-0.2, 0) is 4.79 Å². The van der Waals surface area contributed by atoms with E-state index in [0.717, 1.165) is 16.9 Å². The second-order valence-electron chi connectivity index (χ2n) is 4.11. The molecular formula is C12H14N2O2. The van der Waals surface area contributed by atoms with Crippen LogP contribution in [0.4, 0.5) is 0 Å². The molecule has 0 aliphatic heterocycles. The van der Waals surface area contributed by atoms with Gasteiger partial charge in [-0.3, -0.25) is 4.79 Å². The fourth-order valence-corrected chi connectivity index (χ4v) is 1.81. The Bertz CT molecular complexity index is 531. The van der Waals surface area contributed by atoms with Crippen LogP contribution >= 0.6 is 0 Å². The number of aliphatic carboxylic acids is 1. The number of carbonyl (C=O) groups is 1. The summed E-state index contributed by atoms with van der Waals surface area (Å²) in [5, 5.41) is 8.74. The van der Waals surface area contributed by atoms with E-state index >= 15 is 0 Å². The molecule has 0 spiro atoms. The lowest BCUT2D eigenvalue weighted by Gasteiger charge is -2.08. The minimum absolute atomic E-state index is 0.0134. The third-order valence-corrected chi connectivity index (χ3v) is 2.65. The highest BCUT2D eigenvalue weighted by molar-refractivity contribution is 5.68. The molecule has 1 N–H and O–H groups in total. The van der Waals surface area contributed by atoms with Crippen molar-refractivity contribution < 1.29 is 9.90 Å². The van der Waals surface area contributed by atoms with Gasteiger partial charge in [-0.15, -0.1) is 0 Å². The van der Waals surface area contributed by atoms with Gasteiger partial charge in [0.1, 0.15) is 5.65 Å². The quantitative estimate of drug-likeness (QED) is 0.859. The number of carboxylic acids is 1. The average molecular weight is 218 g/mol. The first-order chi connectivity index (χ1) is 7.56. The maximum atomic E-state index is 10.6. The van der Waals surface area contributed by atoms with Gasteiger partial charge in [-0.25, -0.2) is 4.98 Å². The van der Waals surface area contributed by atoms with E-state index in [2.05, 4.69) is 4.98 Å². The Kier molecular flexibility index (Phi) is 2.64. The predicted octanol–water partition coefficient (Wildman–Crippen LogP) is 2.22. The lowest BCUT2D eigenvalue weighted by atomic mass is 9.99. The minimum Gasteiger partial charge on any atom is -0.481 e. The van der Waals surface area contributed by atoms with Gasteiger partial charge in [0.15, 0.2) is 0 Å². The normalized spacial score (nSPS) is 12.9. The Morgan fingerprint density at radius 2 is 2.38 bits per heavy atom. The summed E-state index contributed by atoms with van der Waals surface area (Å²) in [4.78, 5) is 15.0. The molecule has 1 atom stereocenters. The van der Waals surface area contributed by atoms with Crippen LogP contribution < -0.4 is 0 Å². The summed E-state index contributed by atoms with van der Waals surface area (Å²) in [5.41, 5.74) is 2.84. The molecule has 0 saturated carbocycles. The maximum absolute atomic E-state index is 10.6. The van der Waals surface area contributed by atoms with E-state index in [0.29, 0.717) is 0 Å². The Morgan fingerprint density at radius 3 is 3.06 bits per heavy atom. The molecule has 0 radical (unpaired) electrons. The number of hydrogen-bond acceptors (Lipinski definition) is 2. The maximum Gasteiger partial charge on any atom is 0.303 e. The van der Waals surface area contributed by atoms with Gasteiger partial charge < -0.3 is 9.51 Å². The molecule has 0 aromatic carbocycles. The predicted molar refractivity (Wildman–Crippen MR) is 60.6 cm³/mol. The van der Waals surface area contributed by atoms with Crippen LogP contribution in [0.3, 0.4) is 0 Å². The van der Waals surface area contributed by atoms with Gasteiger partial charge in [0.05, 0.1) is 12.1 Å². The Hall–Kier alpha value is -1.84. The molecule has 2 heterocycles. The van der Waals surface area contributed by atoms with Crippen LogP contribution in [0.25, 0.3) is 5.65 Å². The SMILES string of the molecule is Cc1cn2ccc(C(C)CC(=O)O)cc2n1. The van der Waals surface area contributed by atoms with E-state index in [-0.39, 0.29) is 12.3 Å². The van der Waals surface area contributed by atoms with Crippen LogP contribution in [0.5, 0.6) is 0 Å². The first-order valence-electron chi connectivity index (χ1n) is 5.23. The molecule has 2 aromatic heterocycles. The molecule has 4 nitrogen and oxygen atoms in total. The van der Waals surface area contributed by atoms with Crippen LogP contribution in [-0.4, -0.2) is 20.5 Å². The third-order valence-electron chi connectivity index (χ3n) is 2.65. The third kappa shape index (κ3) is 2.05. The lowest BCUT2D eigenvalue weighted by Crippen LogP contribution is -2.03. The van der Waals surface area contributed by atoms with Gasteiger partial charge in [0.2, 0.25) is 0 Å². The van der Waals surface area contributed by atoms with E-state index in [4.69, 9.17) is 5.11 Å². The molecule has 0 saturated heterocycles. The number of hydrogen-bond donors (Lipinski definition) is 1. The van der Waals surface area contributed by atoms with Gasteiger partial charge in [-0.05, 0) is 30.5 Å². The van der Waals surface area contributed by atoms with Crippen molar-refractivity contribution in [1.82, 2.24) is 9.38 Å². The number of aryl methyl sites for hydroxylation is 1. The standard InChI is InChI=1S/C12H14N2O2/c1-8(5-12(15)16)10-3-4-14-7-9(2)13-11(14)6-10/h3-4,6-8H,5H2,1-2H3,(H,15,16). The number of aromatic nitrogens is 2. The molecule has 2 rings (SSSR count). The first-order valence-corrected chi connectivity index (χ1v) is 5.23. The fourth-order valence-electron chi connectivity index (χ4n) is 1.81. The summed E-state index contributed by atoms with van der Waals surface area (Å²) in [7, 11) is 0. The molecular weight excluding hydrogens is 204 g/mol. The van der Waals surface area contributed by atoms with Crippen LogP contribution in [0.15, 0.2) is 24.5 Å².